The summed E-state index contributed by atoms with van der Waals surface area (Å²) in [6.07, 6.45) is 5.10. The Kier molecular flexibility index (Phi) is 3.12. The van der Waals surface area contributed by atoms with Gasteiger partial charge in [-0.2, -0.15) is 0 Å². The van der Waals surface area contributed by atoms with Gasteiger partial charge in [-0.15, -0.1) is 0 Å². The number of benzene rings is 1. The van der Waals surface area contributed by atoms with Crippen molar-refractivity contribution in [3.63, 3.8) is 0 Å². The van der Waals surface area contributed by atoms with Crippen molar-refractivity contribution in [1.82, 2.24) is 14.5 Å². The summed E-state index contributed by atoms with van der Waals surface area (Å²) in [6, 6.07) is 10.1. The Balaban J connectivity index is 2.18. The van der Waals surface area contributed by atoms with Gasteiger partial charge in [0.15, 0.2) is 6.29 Å². The van der Waals surface area contributed by atoms with Gasteiger partial charge in [0, 0.05) is 30.7 Å². The molecule has 2 N–H and O–H groups in total. The van der Waals surface area contributed by atoms with Crippen LogP contribution in [0.15, 0.2) is 59.7 Å². The van der Waals surface area contributed by atoms with E-state index in [-0.39, 0.29) is 6.29 Å². The van der Waals surface area contributed by atoms with Gasteiger partial charge in [-0.1, -0.05) is 30.3 Å². The first-order valence-electron chi connectivity index (χ1n) is 6.49. The van der Waals surface area contributed by atoms with Gasteiger partial charge in [-0.25, -0.2) is 9.98 Å². The second-order valence-corrected chi connectivity index (χ2v) is 4.77. The molecular weight excluding hydrogens is 250 g/mol. The minimum absolute atomic E-state index is 0.363. The highest BCUT2D eigenvalue weighted by atomic mass is 15.3. The lowest BCUT2D eigenvalue weighted by Crippen LogP contribution is -2.41. The predicted molar refractivity (Wildman–Crippen MR) is 79.8 cm³/mol. The quantitative estimate of drug-likeness (QED) is 0.901. The van der Waals surface area contributed by atoms with Gasteiger partial charge in [-0.05, 0) is 6.92 Å². The molecule has 1 aromatic carbocycles. The molecule has 1 aliphatic rings. The number of hydrogen-bond acceptors (Lipinski definition) is 4. The monoisotopic (exact) mass is 267 g/mol. The zero-order chi connectivity index (χ0) is 14.1. The number of imidazole rings is 1. The average molecular weight is 267 g/mol. The number of aliphatic imine (C=N–C) groups is 1. The molecule has 0 radical (unpaired) electrons. The summed E-state index contributed by atoms with van der Waals surface area (Å²) >= 11 is 0. The molecule has 2 aromatic rings. The summed E-state index contributed by atoms with van der Waals surface area (Å²) < 4.78 is 1.98. The number of allylic oxidation sites excluding steroid dienone is 2. The molecule has 0 amide bonds. The van der Waals surface area contributed by atoms with Gasteiger partial charge in [0.2, 0.25) is 0 Å². The van der Waals surface area contributed by atoms with Crippen LogP contribution in [0.3, 0.4) is 0 Å². The van der Waals surface area contributed by atoms with E-state index in [1.54, 1.807) is 12.5 Å². The summed E-state index contributed by atoms with van der Waals surface area (Å²) in [7, 11) is 1.95. The van der Waals surface area contributed by atoms with Gasteiger partial charge >= 0.3 is 0 Å². The Hall–Kier alpha value is -2.40. The fourth-order valence-corrected chi connectivity index (χ4v) is 2.32. The fraction of sp³-hybridized carbons (Fsp3) is 0.200. The standard InChI is InChI=1S/C15H17N5/c1-11-14(20-9-8-17-10-20)13(18-15(16)19(11)2)12-6-4-3-5-7-12/h3-10,15H,16H2,1-2H3. The minimum Gasteiger partial charge on any atom is -0.343 e. The van der Waals surface area contributed by atoms with E-state index in [2.05, 4.69) is 9.98 Å². The first-order valence-corrected chi connectivity index (χ1v) is 6.49. The van der Waals surface area contributed by atoms with Crippen molar-refractivity contribution in [2.24, 2.45) is 10.7 Å². The van der Waals surface area contributed by atoms with E-state index in [4.69, 9.17) is 5.73 Å². The van der Waals surface area contributed by atoms with Crippen LogP contribution < -0.4 is 5.73 Å². The van der Waals surface area contributed by atoms with Gasteiger partial charge < -0.3 is 9.47 Å². The van der Waals surface area contributed by atoms with Crippen molar-refractivity contribution >= 4 is 11.4 Å². The molecule has 0 fully saturated rings. The Morgan fingerprint density at radius 3 is 2.60 bits per heavy atom. The fourth-order valence-electron chi connectivity index (χ4n) is 2.32. The molecule has 102 valence electrons. The first-order chi connectivity index (χ1) is 9.68. The normalized spacial score (nSPS) is 19.2. The van der Waals surface area contributed by atoms with Crippen molar-refractivity contribution in [2.75, 3.05) is 7.05 Å². The topological polar surface area (TPSA) is 59.4 Å². The van der Waals surface area contributed by atoms with E-state index < -0.39 is 0 Å². The molecule has 1 aromatic heterocycles. The third kappa shape index (κ3) is 2.02. The molecule has 0 spiro atoms. The van der Waals surface area contributed by atoms with E-state index in [9.17, 15) is 0 Å². The van der Waals surface area contributed by atoms with Crippen molar-refractivity contribution in [2.45, 2.75) is 13.2 Å². The van der Waals surface area contributed by atoms with Gasteiger partial charge in [-0.3, -0.25) is 5.73 Å². The summed E-state index contributed by atoms with van der Waals surface area (Å²) in [4.78, 5) is 10.7. The van der Waals surface area contributed by atoms with Crippen LogP contribution in [0.1, 0.15) is 12.5 Å². The molecule has 0 saturated carbocycles. The molecular formula is C15H17N5. The lowest BCUT2D eigenvalue weighted by atomic mass is 10.0. The summed E-state index contributed by atoms with van der Waals surface area (Å²) in [5.41, 5.74) is 10.1. The SMILES string of the molecule is CC1=C(n2ccnc2)C(c2ccccc2)=NC(N)N1C. The van der Waals surface area contributed by atoms with Gasteiger partial charge in [0.05, 0.1) is 17.7 Å². The highest BCUT2D eigenvalue weighted by Gasteiger charge is 2.25. The van der Waals surface area contributed by atoms with Crippen LogP contribution in [0.25, 0.3) is 5.70 Å². The molecule has 0 aliphatic carbocycles. The molecule has 1 unspecified atom stereocenters. The summed E-state index contributed by atoms with van der Waals surface area (Å²) in [6.45, 7) is 2.05. The number of nitrogens with zero attached hydrogens (tertiary/aromatic N) is 4. The third-order valence-corrected chi connectivity index (χ3v) is 3.56. The lowest BCUT2D eigenvalue weighted by molar-refractivity contribution is 0.316. The van der Waals surface area contributed by atoms with Crippen LogP contribution in [0.2, 0.25) is 0 Å². The summed E-state index contributed by atoms with van der Waals surface area (Å²) in [5.74, 6) is 0. The molecule has 20 heavy (non-hydrogen) atoms. The Bertz CT molecular complexity index is 655. The van der Waals surface area contributed by atoms with Gasteiger partial charge in [0.1, 0.15) is 0 Å². The number of hydrogen-bond donors (Lipinski definition) is 1. The van der Waals surface area contributed by atoms with Crippen molar-refractivity contribution in [3.8, 4) is 0 Å². The lowest BCUT2D eigenvalue weighted by Gasteiger charge is -2.32. The van der Waals surface area contributed by atoms with E-state index in [0.717, 1.165) is 22.7 Å². The largest absolute Gasteiger partial charge is 0.343 e. The van der Waals surface area contributed by atoms with Crippen molar-refractivity contribution in [1.29, 1.82) is 0 Å². The van der Waals surface area contributed by atoms with Crippen LogP contribution in [-0.2, 0) is 0 Å². The molecule has 5 nitrogen and oxygen atoms in total. The van der Waals surface area contributed by atoms with Crippen LogP contribution in [-0.4, -0.2) is 33.5 Å². The second kappa shape index (κ2) is 4.94. The number of nitrogens with two attached hydrogens (primary N) is 1. The van der Waals surface area contributed by atoms with E-state index in [0.29, 0.717) is 0 Å². The van der Waals surface area contributed by atoms with Crippen molar-refractivity contribution in [3.05, 3.63) is 60.3 Å². The highest BCUT2D eigenvalue weighted by molar-refractivity contribution is 6.28. The molecule has 3 rings (SSSR count). The molecule has 1 atom stereocenters. The molecule has 2 heterocycles. The van der Waals surface area contributed by atoms with E-state index in [1.165, 1.54) is 0 Å². The van der Waals surface area contributed by atoms with E-state index >= 15 is 0 Å². The Labute approximate surface area is 118 Å². The van der Waals surface area contributed by atoms with Crippen LogP contribution in [0, 0.1) is 0 Å². The minimum atomic E-state index is -0.363. The van der Waals surface area contributed by atoms with Crippen LogP contribution >= 0.6 is 0 Å². The third-order valence-electron chi connectivity index (χ3n) is 3.56. The molecule has 0 saturated heterocycles. The maximum Gasteiger partial charge on any atom is 0.174 e. The molecule has 1 aliphatic heterocycles. The first kappa shape index (κ1) is 12.6. The zero-order valence-electron chi connectivity index (χ0n) is 11.6. The summed E-state index contributed by atoms with van der Waals surface area (Å²) in [5, 5.41) is 0. The molecule has 5 heteroatoms. The number of rotatable bonds is 2. The van der Waals surface area contributed by atoms with Gasteiger partial charge in [0.25, 0.3) is 0 Å². The smallest absolute Gasteiger partial charge is 0.174 e. The Morgan fingerprint density at radius 2 is 1.95 bits per heavy atom. The molecule has 0 bridgehead atoms. The average Bonchev–Trinajstić information content (AvgIpc) is 2.99. The maximum absolute atomic E-state index is 6.09. The van der Waals surface area contributed by atoms with E-state index in [1.807, 2.05) is 60.0 Å². The second-order valence-electron chi connectivity index (χ2n) is 4.77. The Morgan fingerprint density at radius 1 is 1.20 bits per heavy atom. The number of aromatic nitrogens is 2. The highest BCUT2D eigenvalue weighted by Crippen LogP contribution is 2.25. The maximum atomic E-state index is 6.09. The zero-order valence-corrected chi connectivity index (χ0v) is 11.6. The van der Waals surface area contributed by atoms with Crippen molar-refractivity contribution < 1.29 is 0 Å². The predicted octanol–water partition coefficient (Wildman–Crippen LogP) is 1.75. The van der Waals surface area contributed by atoms with Crippen LogP contribution in [0.5, 0.6) is 0 Å². The van der Waals surface area contributed by atoms with Crippen LogP contribution in [0.4, 0.5) is 0 Å².